The zero-order chi connectivity index (χ0) is 16.0. The minimum absolute atomic E-state index is 0.0528. The van der Waals surface area contributed by atoms with Crippen LogP contribution in [0.4, 0.5) is 0 Å². The number of carbonyl (C=O) groups is 1. The molecule has 128 valence electrons. The lowest BCUT2D eigenvalue weighted by Gasteiger charge is -2.30. The molecule has 8 heteroatoms. The van der Waals surface area contributed by atoms with Crippen LogP contribution in [0.1, 0.15) is 19.8 Å². The number of hydrogen-bond acceptors (Lipinski definition) is 4. The fourth-order valence-electron chi connectivity index (χ4n) is 3.00. The van der Waals surface area contributed by atoms with Crippen LogP contribution < -0.4 is 10.2 Å². The molecule has 2 N–H and O–H groups in total. The van der Waals surface area contributed by atoms with Crippen LogP contribution in [-0.4, -0.2) is 76.9 Å². The molecule has 0 aromatic carbocycles. The van der Waals surface area contributed by atoms with Gasteiger partial charge in [-0.1, -0.05) is 0 Å². The summed E-state index contributed by atoms with van der Waals surface area (Å²) >= 11 is 0. The van der Waals surface area contributed by atoms with Gasteiger partial charge in [0.2, 0.25) is 15.9 Å². The van der Waals surface area contributed by atoms with Gasteiger partial charge >= 0.3 is 0 Å². The van der Waals surface area contributed by atoms with Crippen LogP contribution in [-0.2, 0) is 19.6 Å². The summed E-state index contributed by atoms with van der Waals surface area (Å²) in [5.41, 5.74) is 0. The van der Waals surface area contributed by atoms with Crippen LogP contribution in [0.15, 0.2) is 0 Å². The minimum atomic E-state index is -3.12. The molecule has 0 aromatic heterocycles. The Labute approximate surface area is 133 Å². The number of carbonyl (C=O) groups excluding carboxylic acids is 1. The first-order valence-electron chi connectivity index (χ1n) is 8.20. The molecule has 0 bridgehead atoms. The second kappa shape index (κ2) is 8.24. The normalized spacial score (nSPS) is 22.6. The highest BCUT2D eigenvalue weighted by Crippen LogP contribution is 2.19. The molecule has 0 atom stereocenters. The highest BCUT2D eigenvalue weighted by atomic mass is 32.2. The smallest absolute Gasteiger partial charge is 0.223 e. The van der Waals surface area contributed by atoms with E-state index in [9.17, 15) is 13.2 Å². The first-order valence-corrected chi connectivity index (χ1v) is 9.80. The van der Waals surface area contributed by atoms with Gasteiger partial charge in [-0.3, -0.25) is 4.79 Å². The standard InChI is InChI=1S/C14H27N3O4S/c1-2-22(19,20)17-6-3-13(4-7-17)14(18)15-5-8-16-9-11-21-12-10-16/h13H,2-12H2,1H3,(H,15,18)/p+1. The summed E-state index contributed by atoms with van der Waals surface area (Å²) in [5.74, 6) is 0.149. The predicted molar refractivity (Wildman–Crippen MR) is 83.2 cm³/mol. The first kappa shape index (κ1) is 17.7. The lowest BCUT2D eigenvalue weighted by atomic mass is 9.97. The molecule has 7 nitrogen and oxygen atoms in total. The third-order valence-electron chi connectivity index (χ3n) is 4.56. The molecule has 0 saturated carbocycles. The highest BCUT2D eigenvalue weighted by molar-refractivity contribution is 7.89. The van der Waals surface area contributed by atoms with Crippen LogP contribution in [0, 0.1) is 5.92 Å². The number of nitrogens with zero attached hydrogens (tertiary/aromatic N) is 1. The summed E-state index contributed by atoms with van der Waals surface area (Å²) < 4.78 is 30.4. The zero-order valence-electron chi connectivity index (χ0n) is 13.3. The number of piperidine rings is 1. The molecular weight excluding hydrogens is 306 g/mol. The molecule has 2 heterocycles. The third-order valence-corrected chi connectivity index (χ3v) is 6.44. The number of ether oxygens (including phenoxy) is 1. The Balaban J connectivity index is 1.66. The van der Waals surface area contributed by atoms with Gasteiger partial charge in [-0.2, -0.15) is 0 Å². The second-order valence-corrected chi connectivity index (χ2v) is 8.23. The Kier molecular flexibility index (Phi) is 6.61. The maximum Gasteiger partial charge on any atom is 0.223 e. The van der Waals surface area contributed by atoms with Gasteiger partial charge < -0.3 is 15.0 Å². The van der Waals surface area contributed by atoms with Gasteiger partial charge in [0.25, 0.3) is 0 Å². The van der Waals surface area contributed by atoms with E-state index in [4.69, 9.17) is 4.74 Å². The van der Waals surface area contributed by atoms with E-state index in [1.807, 2.05) is 0 Å². The molecule has 0 unspecified atom stereocenters. The summed E-state index contributed by atoms with van der Waals surface area (Å²) in [6, 6.07) is 0. The van der Waals surface area contributed by atoms with Crippen LogP contribution in [0.3, 0.4) is 0 Å². The molecule has 0 aliphatic carbocycles. The lowest BCUT2D eigenvalue weighted by Crippen LogP contribution is -3.14. The maximum atomic E-state index is 12.2. The van der Waals surface area contributed by atoms with Crippen molar-refractivity contribution in [1.29, 1.82) is 0 Å². The Morgan fingerprint density at radius 2 is 1.91 bits per heavy atom. The van der Waals surface area contributed by atoms with Crippen molar-refractivity contribution in [3.05, 3.63) is 0 Å². The van der Waals surface area contributed by atoms with E-state index in [-0.39, 0.29) is 17.6 Å². The maximum absolute atomic E-state index is 12.2. The fourth-order valence-corrected chi connectivity index (χ4v) is 4.13. The number of sulfonamides is 1. The van der Waals surface area contributed by atoms with E-state index < -0.39 is 10.0 Å². The van der Waals surface area contributed by atoms with E-state index in [0.29, 0.717) is 32.5 Å². The average molecular weight is 334 g/mol. The number of hydrogen-bond donors (Lipinski definition) is 2. The number of nitrogens with one attached hydrogen (secondary N) is 2. The number of morpholine rings is 1. The van der Waals surface area contributed by atoms with Crippen molar-refractivity contribution in [1.82, 2.24) is 9.62 Å². The van der Waals surface area contributed by atoms with E-state index in [0.717, 1.165) is 32.8 Å². The Morgan fingerprint density at radius 3 is 2.50 bits per heavy atom. The van der Waals surface area contributed by atoms with Crippen molar-refractivity contribution < 1.29 is 22.8 Å². The van der Waals surface area contributed by atoms with E-state index >= 15 is 0 Å². The van der Waals surface area contributed by atoms with Gasteiger partial charge in [0, 0.05) is 19.0 Å². The third kappa shape index (κ3) is 4.91. The molecule has 1 amide bonds. The summed E-state index contributed by atoms with van der Waals surface area (Å²) in [6.45, 7) is 7.79. The van der Waals surface area contributed by atoms with E-state index in [2.05, 4.69) is 5.32 Å². The fraction of sp³-hybridized carbons (Fsp3) is 0.929. The van der Waals surface area contributed by atoms with Gasteiger partial charge in [0.15, 0.2) is 0 Å². The van der Waals surface area contributed by atoms with Crippen LogP contribution >= 0.6 is 0 Å². The SMILES string of the molecule is CCS(=O)(=O)N1CCC(C(=O)NCC[NH+]2CCOCC2)CC1. The number of amides is 1. The quantitative estimate of drug-likeness (QED) is 0.593. The summed E-state index contributed by atoms with van der Waals surface area (Å²) in [6.07, 6.45) is 1.24. The zero-order valence-corrected chi connectivity index (χ0v) is 14.2. The summed E-state index contributed by atoms with van der Waals surface area (Å²) in [5, 5.41) is 3.00. The highest BCUT2D eigenvalue weighted by Gasteiger charge is 2.30. The minimum Gasteiger partial charge on any atom is -0.370 e. The molecule has 0 radical (unpaired) electrons. The first-order chi connectivity index (χ1) is 10.5. The molecule has 22 heavy (non-hydrogen) atoms. The summed E-state index contributed by atoms with van der Waals surface area (Å²) in [4.78, 5) is 13.6. The van der Waals surface area contributed by atoms with E-state index in [1.54, 1.807) is 6.92 Å². The topological polar surface area (TPSA) is 80.2 Å². The van der Waals surface area contributed by atoms with Gasteiger partial charge in [-0.15, -0.1) is 0 Å². The van der Waals surface area contributed by atoms with Gasteiger partial charge in [-0.05, 0) is 19.8 Å². The molecule has 2 aliphatic rings. The molecule has 0 spiro atoms. The van der Waals surface area contributed by atoms with Crippen molar-refractivity contribution in [3.8, 4) is 0 Å². The van der Waals surface area contributed by atoms with Crippen molar-refractivity contribution in [2.75, 3.05) is 58.2 Å². The average Bonchev–Trinajstić information content (AvgIpc) is 2.56. The Bertz CT molecular complexity index is 455. The lowest BCUT2D eigenvalue weighted by molar-refractivity contribution is -0.906. The molecule has 2 saturated heterocycles. The predicted octanol–water partition coefficient (Wildman–Crippen LogP) is -1.92. The molecule has 2 rings (SSSR count). The Morgan fingerprint density at radius 1 is 1.27 bits per heavy atom. The van der Waals surface area contributed by atoms with Crippen molar-refractivity contribution in [2.24, 2.45) is 5.92 Å². The molecular formula is C14H28N3O4S+. The van der Waals surface area contributed by atoms with Gasteiger partial charge in [-0.25, -0.2) is 12.7 Å². The largest absolute Gasteiger partial charge is 0.370 e. The molecule has 0 aromatic rings. The number of quaternary nitrogens is 1. The summed E-state index contributed by atoms with van der Waals surface area (Å²) in [7, 11) is -3.12. The second-order valence-electron chi connectivity index (χ2n) is 5.98. The number of rotatable bonds is 6. The van der Waals surface area contributed by atoms with Crippen LogP contribution in [0.25, 0.3) is 0 Å². The van der Waals surface area contributed by atoms with Crippen LogP contribution in [0.5, 0.6) is 0 Å². The van der Waals surface area contributed by atoms with Gasteiger partial charge in [0.05, 0.1) is 32.1 Å². The van der Waals surface area contributed by atoms with Crippen molar-refractivity contribution >= 4 is 15.9 Å². The Hall–Kier alpha value is -0.700. The van der Waals surface area contributed by atoms with E-state index in [1.165, 1.54) is 9.21 Å². The van der Waals surface area contributed by atoms with Crippen molar-refractivity contribution in [3.63, 3.8) is 0 Å². The van der Waals surface area contributed by atoms with Crippen molar-refractivity contribution in [2.45, 2.75) is 19.8 Å². The van der Waals surface area contributed by atoms with Gasteiger partial charge in [0.1, 0.15) is 13.1 Å². The van der Waals surface area contributed by atoms with Crippen LogP contribution in [0.2, 0.25) is 0 Å². The monoisotopic (exact) mass is 334 g/mol. The molecule has 2 fully saturated rings. The molecule has 2 aliphatic heterocycles.